The molecule has 0 unspecified atom stereocenters. The van der Waals surface area contributed by atoms with Crippen molar-refractivity contribution in [3.63, 3.8) is 0 Å². The lowest BCUT2D eigenvalue weighted by molar-refractivity contribution is -0.00520. The van der Waals surface area contributed by atoms with Crippen molar-refractivity contribution in [2.45, 2.75) is 68.6 Å². The Morgan fingerprint density at radius 2 is 1.52 bits per heavy atom. The Morgan fingerprint density at radius 1 is 0.952 bits per heavy atom. The average molecular weight is 301 g/mol. The molecule has 114 valence electrons. The van der Waals surface area contributed by atoms with E-state index in [0.717, 1.165) is 17.8 Å². The monoisotopic (exact) mass is 300 g/mol. The van der Waals surface area contributed by atoms with E-state index in [-0.39, 0.29) is 0 Å². The predicted molar refractivity (Wildman–Crippen MR) is 91.9 cm³/mol. The average Bonchev–Trinajstić information content (AvgIpc) is 2.47. The summed E-state index contributed by atoms with van der Waals surface area (Å²) in [5, 5.41) is 0. The van der Waals surface area contributed by atoms with E-state index in [4.69, 9.17) is 0 Å². The molecule has 4 aliphatic rings. The second-order valence-electron chi connectivity index (χ2n) is 7.92. The summed E-state index contributed by atoms with van der Waals surface area (Å²) in [6.45, 7) is 2.27. The molecule has 0 aliphatic heterocycles. The van der Waals surface area contributed by atoms with Crippen molar-refractivity contribution in [2.75, 3.05) is 5.75 Å². The molecule has 1 aromatic carbocycles. The van der Waals surface area contributed by atoms with Crippen LogP contribution in [0.5, 0.6) is 0 Å². The highest BCUT2D eigenvalue weighted by Crippen LogP contribution is 2.60. The van der Waals surface area contributed by atoms with Crippen LogP contribution in [-0.2, 0) is 5.41 Å². The molecule has 0 amide bonds. The summed E-state index contributed by atoms with van der Waals surface area (Å²) in [6.07, 6.45) is 11.7. The fourth-order valence-corrected chi connectivity index (χ4v) is 6.70. The van der Waals surface area contributed by atoms with E-state index in [1.165, 1.54) is 42.8 Å². The lowest BCUT2D eigenvalue weighted by Crippen LogP contribution is -2.48. The van der Waals surface area contributed by atoms with Crippen molar-refractivity contribution < 1.29 is 0 Å². The van der Waals surface area contributed by atoms with Crippen LogP contribution in [0.4, 0.5) is 0 Å². The number of hydrogen-bond acceptors (Lipinski definition) is 1. The van der Waals surface area contributed by atoms with Gasteiger partial charge < -0.3 is 0 Å². The number of unbranched alkanes of at least 4 members (excludes halogenated alkanes) is 1. The Hall–Kier alpha value is -0.430. The Morgan fingerprint density at radius 3 is 2.05 bits per heavy atom. The van der Waals surface area contributed by atoms with Crippen molar-refractivity contribution in [1.82, 2.24) is 0 Å². The maximum atomic E-state index is 2.47. The Bertz CT molecular complexity index is 452. The van der Waals surface area contributed by atoms with Gasteiger partial charge in [0, 0.05) is 4.90 Å². The van der Waals surface area contributed by atoms with E-state index < -0.39 is 0 Å². The smallest absolute Gasteiger partial charge is 0.00721 e. The molecule has 21 heavy (non-hydrogen) atoms. The van der Waals surface area contributed by atoms with Crippen LogP contribution in [0.2, 0.25) is 0 Å². The summed E-state index contributed by atoms with van der Waals surface area (Å²) >= 11 is 2.03. The summed E-state index contributed by atoms with van der Waals surface area (Å²) in [5.74, 6) is 4.42. The van der Waals surface area contributed by atoms with Gasteiger partial charge in [-0.3, -0.25) is 0 Å². The summed E-state index contributed by atoms with van der Waals surface area (Å²) in [4.78, 5) is 1.47. The second kappa shape index (κ2) is 5.65. The van der Waals surface area contributed by atoms with Crippen molar-refractivity contribution in [3.05, 3.63) is 29.8 Å². The number of rotatable bonds is 5. The molecule has 1 aromatic rings. The molecule has 4 bridgehead atoms. The Labute approximate surface area is 134 Å². The minimum atomic E-state index is 0.571. The van der Waals surface area contributed by atoms with E-state index in [2.05, 4.69) is 31.2 Å². The highest BCUT2D eigenvalue weighted by atomic mass is 32.2. The third-order valence-corrected chi connectivity index (χ3v) is 7.37. The molecule has 0 spiro atoms. The molecule has 4 fully saturated rings. The highest BCUT2D eigenvalue weighted by Gasteiger charge is 2.51. The van der Waals surface area contributed by atoms with Gasteiger partial charge in [-0.2, -0.15) is 0 Å². The van der Waals surface area contributed by atoms with Crippen LogP contribution in [0.3, 0.4) is 0 Å². The van der Waals surface area contributed by atoms with Crippen LogP contribution in [0.25, 0.3) is 0 Å². The Balaban J connectivity index is 1.51. The largest absolute Gasteiger partial charge is 0.126 e. The Kier molecular flexibility index (Phi) is 3.81. The molecule has 0 saturated heterocycles. The van der Waals surface area contributed by atoms with Crippen molar-refractivity contribution >= 4 is 11.8 Å². The van der Waals surface area contributed by atoms with E-state index >= 15 is 0 Å². The van der Waals surface area contributed by atoms with Crippen molar-refractivity contribution in [2.24, 2.45) is 17.8 Å². The predicted octanol–water partition coefficient (Wildman–Crippen LogP) is 6.05. The molecular formula is C20H28S. The van der Waals surface area contributed by atoms with Gasteiger partial charge in [-0.15, -0.1) is 11.8 Å². The lowest BCUT2D eigenvalue weighted by Gasteiger charge is -2.57. The number of thioether (sulfide) groups is 1. The molecule has 0 heterocycles. The summed E-state index contributed by atoms with van der Waals surface area (Å²) in [6, 6.07) is 9.74. The van der Waals surface area contributed by atoms with Crippen LogP contribution >= 0.6 is 11.8 Å². The standard InChI is InChI=1S/C20H28S/c1-2-3-8-21-19-6-4-18(5-7-19)20-12-15-9-16(13-20)11-17(10-15)14-20/h4-7,15-17H,2-3,8-14H2,1H3. The van der Waals surface area contributed by atoms with E-state index in [1.54, 1.807) is 24.8 Å². The maximum Gasteiger partial charge on any atom is 0.00721 e. The number of hydrogen-bond donors (Lipinski definition) is 0. The molecule has 4 saturated carbocycles. The van der Waals surface area contributed by atoms with Crippen LogP contribution in [-0.4, -0.2) is 5.75 Å². The minimum Gasteiger partial charge on any atom is -0.126 e. The van der Waals surface area contributed by atoms with Gasteiger partial charge in [0.1, 0.15) is 0 Å². The molecule has 0 nitrogen and oxygen atoms in total. The van der Waals surface area contributed by atoms with Gasteiger partial charge in [0.2, 0.25) is 0 Å². The van der Waals surface area contributed by atoms with Gasteiger partial charge in [0.15, 0.2) is 0 Å². The van der Waals surface area contributed by atoms with Crippen LogP contribution in [0, 0.1) is 17.8 Å². The van der Waals surface area contributed by atoms with Crippen LogP contribution in [0.1, 0.15) is 63.9 Å². The normalized spacial score (nSPS) is 37.1. The third kappa shape index (κ3) is 2.67. The fourth-order valence-electron chi connectivity index (χ4n) is 5.70. The summed E-state index contributed by atoms with van der Waals surface area (Å²) in [7, 11) is 0. The first kappa shape index (κ1) is 14.2. The molecule has 0 radical (unpaired) electrons. The van der Waals surface area contributed by atoms with Gasteiger partial charge in [0.25, 0.3) is 0 Å². The fraction of sp³-hybridized carbons (Fsp3) is 0.700. The molecule has 5 rings (SSSR count). The summed E-state index contributed by atoms with van der Waals surface area (Å²) in [5.41, 5.74) is 2.24. The van der Waals surface area contributed by atoms with Crippen LogP contribution < -0.4 is 0 Å². The molecule has 0 atom stereocenters. The first-order valence-electron chi connectivity index (χ1n) is 9.01. The van der Waals surface area contributed by atoms with Crippen molar-refractivity contribution in [1.29, 1.82) is 0 Å². The molecule has 1 heteroatoms. The van der Waals surface area contributed by atoms with E-state index in [1.807, 2.05) is 11.8 Å². The van der Waals surface area contributed by atoms with Gasteiger partial charge in [0.05, 0.1) is 0 Å². The quantitative estimate of drug-likeness (QED) is 0.471. The van der Waals surface area contributed by atoms with Gasteiger partial charge in [-0.25, -0.2) is 0 Å². The zero-order valence-corrected chi connectivity index (χ0v) is 14.1. The minimum absolute atomic E-state index is 0.571. The summed E-state index contributed by atoms with van der Waals surface area (Å²) < 4.78 is 0. The first-order chi connectivity index (χ1) is 10.3. The first-order valence-corrected chi connectivity index (χ1v) is 9.99. The molecule has 0 aromatic heterocycles. The van der Waals surface area contributed by atoms with Crippen molar-refractivity contribution in [3.8, 4) is 0 Å². The van der Waals surface area contributed by atoms with E-state index in [0.29, 0.717) is 5.41 Å². The zero-order valence-electron chi connectivity index (χ0n) is 13.3. The SMILES string of the molecule is CCCCSc1ccc(C23CC4CC(CC(C4)C2)C3)cc1. The molecule has 4 aliphatic carbocycles. The maximum absolute atomic E-state index is 2.47. The number of benzene rings is 1. The lowest BCUT2D eigenvalue weighted by atomic mass is 9.48. The zero-order chi connectivity index (χ0) is 14.3. The molecule has 0 N–H and O–H groups in total. The van der Waals surface area contributed by atoms with Gasteiger partial charge >= 0.3 is 0 Å². The van der Waals surface area contributed by atoms with Gasteiger partial charge in [-0.05, 0) is 91.6 Å². The van der Waals surface area contributed by atoms with Crippen LogP contribution in [0.15, 0.2) is 29.2 Å². The molecular weight excluding hydrogens is 272 g/mol. The highest BCUT2D eigenvalue weighted by molar-refractivity contribution is 7.99. The third-order valence-electron chi connectivity index (χ3n) is 6.27. The van der Waals surface area contributed by atoms with Gasteiger partial charge in [-0.1, -0.05) is 25.5 Å². The topological polar surface area (TPSA) is 0 Å². The second-order valence-corrected chi connectivity index (χ2v) is 9.09. The van der Waals surface area contributed by atoms with E-state index in [9.17, 15) is 0 Å².